The molecule has 0 heterocycles. The van der Waals surface area contributed by atoms with E-state index in [1.165, 1.54) is 44.1 Å². The molecule has 0 saturated heterocycles. The second-order valence-electron chi connectivity index (χ2n) is 5.96. The highest BCUT2D eigenvalue weighted by atomic mass is 14.7. The van der Waals surface area contributed by atoms with E-state index in [0.29, 0.717) is 12.0 Å². The van der Waals surface area contributed by atoms with Crippen LogP contribution in [0.4, 0.5) is 0 Å². The van der Waals surface area contributed by atoms with Crippen LogP contribution >= 0.6 is 0 Å². The molecule has 0 spiro atoms. The van der Waals surface area contributed by atoms with Crippen LogP contribution in [0.5, 0.6) is 0 Å². The van der Waals surface area contributed by atoms with E-state index < -0.39 is 0 Å². The molecular formula is C16H23N. The van der Waals surface area contributed by atoms with Crippen molar-refractivity contribution in [3.8, 4) is 0 Å². The first-order valence-corrected chi connectivity index (χ1v) is 7.15. The van der Waals surface area contributed by atoms with Gasteiger partial charge in [0.05, 0.1) is 0 Å². The maximum absolute atomic E-state index is 6.42. The Morgan fingerprint density at radius 1 is 0.882 bits per heavy atom. The predicted octanol–water partition coefficient (Wildman–Crippen LogP) is 3.70. The predicted molar refractivity (Wildman–Crippen MR) is 71.8 cm³/mol. The molecule has 4 atom stereocenters. The normalized spacial score (nSPS) is 37.5. The van der Waals surface area contributed by atoms with Gasteiger partial charge in [0, 0.05) is 6.04 Å². The highest BCUT2D eigenvalue weighted by Crippen LogP contribution is 2.45. The maximum atomic E-state index is 6.42. The van der Waals surface area contributed by atoms with Gasteiger partial charge in [-0.2, -0.15) is 0 Å². The summed E-state index contributed by atoms with van der Waals surface area (Å²) in [7, 11) is 0. The third kappa shape index (κ3) is 2.26. The van der Waals surface area contributed by atoms with E-state index in [-0.39, 0.29) is 0 Å². The Balaban J connectivity index is 1.78. The molecule has 2 fully saturated rings. The summed E-state index contributed by atoms with van der Waals surface area (Å²) in [6.07, 6.45) is 8.34. The molecule has 17 heavy (non-hydrogen) atoms. The summed E-state index contributed by atoms with van der Waals surface area (Å²) in [6, 6.07) is 11.3. The first-order valence-electron chi connectivity index (χ1n) is 7.15. The molecular weight excluding hydrogens is 206 g/mol. The van der Waals surface area contributed by atoms with Gasteiger partial charge in [-0.1, -0.05) is 56.0 Å². The van der Waals surface area contributed by atoms with Gasteiger partial charge in [-0.15, -0.1) is 0 Å². The van der Waals surface area contributed by atoms with Crippen LogP contribution in [-0.2, 0) is 0 Å². The van der Waals surface area contributed by atoms with Crippen molar-refractivity contribution in [3.63, 3.8) is 0 Å². The Bertz CT molecular complexity index is 359. The number of hydrogen-bond acceptors (Lipinski definition) is 1. The van der Waals surface area contributed by atoms with Crippen molar-refractivity contribution in [2.45, 2.75) is 50.5 Å². The lowest BCUT2D eigenvalue weighted by atomic mass is 9.64. The highest BCUT2D eigenvalue weighted by Gasteiger charge is 2.36. The van der Waals surface area contributed by atoms with Crippen molar-refractivity contribution in [2.75, 3.05) is 0 Å². The molecule has 0 bridgehead atoms. The summed E-state index contributed by atoms with van der Waals surface area (Å²) in [5.74, 6) is 2.49. The van der Waals surface area contributed by atoms with Crippen molar-refractivity contribution >= 4 is 0 Å². The number of nitrogens with two attached hydrogens (primary N) is 1. The molecule has 2 aliphatic carbocycles. The van der Waals surface area contributed by atoms with E-state index in [1.54, 1.807) is 0 Å². The fourth-order valence-electron chi connectivity index (χ4n) is 4.00. The Morgan fingerprint density at radius 3 is 2.24 bits per heavy atom. The molecule has 2 N–H and O–H groups in total. The molecule has 1 heteroatoms. The lowest BCUT2D eigenvalue weighted by molar-refractivity contribution is 0.139. The Morgan fingerprint density at radius 2 is 1.53 bits per heavy atom. The molecule has 2 aliphatic rings. The Hall–Kier alpha value is -0.820. The summed E-state index contributed by atoms with van der Waals surface area (Å²) in [6.45, 7) is 0. The SMILES string of the molecule is N[C@@H]1C[C@@H]2CCCC[C@H]2C[C@@H]1c1ccccc1. The van der Waals surface area contributed by atoms with Gasteiger partial charge in [-0.05, 0) is 36.2 Å². The van der Waals surface area contributed by atoms with E-state index in [9.17, 15) is 0 Å². The van der Waals surface area contributed by atoms with Crippen molar-refractivity contribution < 1.29 is 0 Å². The van der Waals surface area contributed by atoms with Gasteiger partial charge in [-0.25, -0.2) is 0 Å². The molecule has 3 rings (SSSR count). The molecule has 1 nitrogen and oxygen atoms in total. The quantitative estimate of drug-likeness (QED) is 0.780. The Labute approximate surface area is 104 Å². The molecule has 0 radical (unpaired) electrons. The number of fused-ring (bicyclic) bond motifs is 1. The van der Waals surface area contributed by atoms with Gasteiger partial charge in [-0.3, -0.25) is 0 Å². The molecule has 1 aromatic rings. The smallest absolute Gasteiger partial charge is 0.0111 e. The molecule has 2 saturated carbocycles. The van der Waals surface area contributed by atoms with Crippen LogP contribution < -0.4 is 5.73 Å². The minimum absolute atomic E-state index is 0.386. The van der Waals surface area contributed by atoms with E-state index in [0.717, 1.165) is 11.8 Å². The van der Waals surface area contributed by atoms with Gasteiger partial charge < -0.3 is 5.73 Å². The van der Waals surface area contributed by atoms with Gasteiger partial charge in [0.15, 0.2) is 0 Å². The molecule has 0 aliphatic heterocycles. The second kappa shape index (κ2) is 4.81. The van der Waals surface area contributed by atoms with Crippen LogP contribution in [0.2, 0.25) is 0 Å². The van der Waals surface area contributed by atoms with Crippen molar-refractivity contribution in [1.29, 1.82) is 0 Å². The fraction of sp³-hybridized carbons (Fsp3) is 0.625. The molecule has 0 unspecified atom stereocenters. The number of rotatable bonds is 1. The third-order valence-electron chi connectivity index (χ3n) is 4.94. The average molecular weight is 229 g/mol. The maximum Gasteiger partial charge on any atom is 0.0111 e. The van der Waals surface area contributed by atoms with E-state index in [2.05, 4.69) is 30.3 Å². The zero-order valence-corrected chi connectivity index (χ0v) is 10.5. The summed E-state index contributed by atoms with van der Waals surface area (Å²) < 4.78 is 0. The topological polar surface area (TPSA) is 26.0 Å². The first-order chi connectivity index (χ1) is 8.34. The van der Waals surface area contributed by atoms with E-state index in [1.807, 2.05) is 0 Å². The molecule has 0 aromatic heterocycles. The fourth-order valence-corrected chi connectivity index (χ4v) is 4.00. The van der Waals surface area contributed by atoms with Gasteiger partial charge >= 0.3 is 0 Å². The van der Waals surface area contributed by atoms with Crippen LogP contribution in [0.1, 0.15) is 50.0 Å². The Kier molecular flexibility index (Phi) is 3.19. The second-order valence-corrected chi connectivity index (χ2v) is 5.96. The van der Waals surface area contributed by atoms with Crippen molar-refractivity contribution in [3.05, 3.63) is 35.9 Å². The zero-order valence-electron chi connectivity index (χ0n) is 10.5. The zero-order chi connectivity index (χ0) is 11.7. The average Bonchev–Trinajstić information content (AvgIpc) is 2.39. The van der Waals surface area contributed by atoms with Crippen LogP contribution in [-0.4, -0.2) is 6.04 Å². The monoisotopic (exact) mass is 229 g/mol. The van der Waals surface area contributed by atoms with Crippen LogP contribution in [0.3, 0.4) is 0 Å². The third-order valence-corrected chi connectivity index (χ3v) is 4.94. The number of benzene rings is 1. The summed E-state index contributed by atoms with van der Waals surface area (Å²) in [5.41, 5.74) is 7.88. The minimum atomic E-state index is 0.386. The van der Waals surface area contributed by atoms with Gasteiger partial charge in [0.1, 0.15) is 0 Å². The van der Waals surface area contributed by atoms with Crippen LogP contribution in [0.25, 0.3) is 0 Å². The first kappa shape index (κ1) is 11.3. The summed E-state index contributed by atoms with van der Waals surface area (Å²) >= 11 is 0. The lowest BCUT2D eigenvalue weighted by Crippen LogP contribution is -2.40. The van der Waals surface area contributed by atoms with Gasteiger partial charge in [0.25, 0.3) is 0 Å². The highest BCUT2D eigenvalue weighted by molar-refractivity contribution is 5.22. The molecule has 0 amide bonds. The summed E-state index contributed by atoms with van der Waals surface area (Å²) in [4.78, 5) is 0. The van der Waals surface area contributed by atoms with Crippen LogP contribution in [0, 0.1) is 11.8 Å². The largest absolute Gasteiger partial charge is 0.327 e. The minimum Gasteiger partial charge on any atom is -0.327 e. The summed E-state index contributed by atoms with van der Waals surface area (Å²) in [5, 5.41) is 0. The van der Waals surface area contributed by atoms with E-state index in [4.69, 9.17) is 5.73 Å². The molecule has 92 valence electrons. The molecule has 1 aromatic carbocycles. The van der Waals surface area contributed by atoms with Crippen molar-refractivity contribution in [2.24, 2.45) is 17.6 Å². The standard InChI is InChI=1S/C16H23N/c17-16-11-14-9-5-4-8-13(14)10-15(16)12-6-2-1-3-7-12/h1-3,6-7,13-16H,4-5,8-11,17H2/t13-,14-,15+,16+/m0/s1. The number of hydrogen-bond donors (Lipinski definition) is 1. The van der Waals surface area contributed by atoms with Crippen LogP contribution in [0.15, 0.2) is 30.3 Å². The van der Waals surface area contributed by atoms with E-state index >= 15 is 0 Å². The van der Waals surface area contributed by atoms with Crippen molar-refractivity contribution in [1.82, 2.24) is 0 Å². The lowest BCUT2D eigenvalue weighted by Gasteiger charge is -2.43. The van der Waals surface area contributed by atoms with Gasteiger partial charge in [0.2, 0.25) is 0 Å².